The van der Waals surface area contributed by atoms with Gasteiger partial charge in [0.1, 0.15) is 5.82 Å². The molecule has 2 aromatic heterocycles. The number of H-pyrrole nitrogens is 1. The molecule has 2 N–H and O–H groups in total. The van der Waals surface area contributed by atoms with Crippen LogP contribution in [0.1, 0.15) is 23.2 Å². The molecule has 1 aliphatic heterocycles. The van der Waals surface area contributed by atoms with Crippen molar-refractivity contribution >= 4 is 45.8 Å². The van der Waals surface area contributed by atoms with Gasteiger partial charge in [0.15, 0.2) is 0 Å². The Morgan fingerprint density at radius 3 is 2.67 bits per heavy atom. The maximum absolute atomic E-state index is 13.0. The summed E-state index contributed by atoms with van der Waals surface area (Å²) in [4.78, 5) is 44.7. The first-order chi connectivity index (χ1) is 14.4. The predicted molar refractivity (Wildman–Crippen MR) is 111 cm³/mol. The summed E-state index contributed by atoms with van der Waals surface area (Å²) in [7, 11) is 0. The van der Waals surface area contributed by atoms with Crippen LogP contribution in [-0.4, -0.2) is 44.7 Å². The largest absolute Gasteiger partial charge is 0.360 e. The highest BCUT2D eigenvalue weighted by atomic mass is 35.5. The first kappa shape index (κ1) is 19.8. The third-order valence-electron chi connectivity index (χ3n) is 5.24. The number of anilines is 1. The molecule has 154 valence electrons. The highest BCUT2D eigenvalue weighted by Crippen LogP contribution is 2.27. The van der Waals surface area contributed by atoms with Gasteiger partial charge in [-0.25, -0.2) is 4.98 Å². The maximum Gasteiger partial charge on any atom is 0.270 e. The number of nitro groups is 1. The van der Waals surface area contributed by atoms with Crippen molar-refractivity contribution in [2.75, 3.05) is 18.4 Å². The Bertz CT molecular complexity index is 1120. The van der Waals surface area contributed by atoms with Crippen molar-refractivity contribution in [1.29, 1.82) is 0 Å². The van der Waals surface area contributed by atoms with Gasteiger partial charge in [0.25, 0.3) is 11.6 Å². The summed E-state index contributed by atoms with van der Waals surface area (Å²) in [6.07, 6.45) is 4.08. The van der Waals surface area contributed by atoms with E-state index in [1.807, 2.05) is 0 Å². The van der Waals surface area contributed by atoms with E-state index in [1.165, 1.54) is 18.3 Å². The van der Waals surface area contributed by atoms with Gasteiger partial charge in [-0.2, -0.15) is 0 Å². The molecule has 0 unspecified atom stereocenters. The number of nitrogens with zero attached hydrogens (tertiary/aromatic N) is 3. The van der Waals surface area contributed by atoms with Gasteiger partial charge in [0.2, 0.25) is 5.91 Å². The van der Waals surface area contributed by atoms with Gasteiger partial charge in [-0.15, -0.1) is 0 Å². The number of likely N-dealkylation sites (tertiary alicyclic amines) is 1. The first-order valence-electron chi connectivity index (χ1n) is 9.39. The fourth-order valence-corrected chi connectivity index (χ4v) is 3.70. The summed E-state index contributed by atoms with van der Waals surface area (Å²) in [6, 6.07) is 7.67. The molecule has 0 atom stereocenters. The molecule has 30 heavy (non-hydrogen) atoms. The van der Waals surface area contributed by atoms with Crippen molar-refractivity contribution in [2.24, 2.45) is 5.92 Å². The number of pyridine rings is 1. The lowest BCUT2D eigenvalue weighted by atomic mass is 9.95. The fourth-order valence-electron chi connectivity index (χ4n) is 3.59. The molecule has 2 amide bonds. The zero-order valence-electron chi connectivity index (χ0n) is 15.8. The van der Waals surface area contributed by atoms with Crippen molar-refractivity contribution in [3.05, 3.63) is 63.4 Å². The second kappa shape index (κ2) is 8.11. The van der Waals surface area contributed by atoms with Crippen molar-refractivity contribution in [2.45, 2.75) is 12.8 Å². The Labute approximate surface area is 176 Å². The van der Waals surface area contributed by atoms with E-state index < -0.39 is 4.92 Å². The molecule has 3 heterocycles. The number of carbonyl (C=O) groups is 2. The topological polar surface area (TPSA) is 121 Å². The van der Waals surface area contributed by atoms with Crippen LogP contribution in [0.15, 0.2) is 42.7 Å². The molecule has 0 radical (unpaired) electrons. The molecule has 0 bridgehead atoms. The number of piperidine rings is 1. The number of non-ortho nitro benzene ring substituents is 1. The van der Waals surface area contributed by atoms with Gasteiger partial charge in [-0.3, -0.25) is 19.7 Å². The lowest BCUT2D eigenvalue weighted by Crippen LogP contribution is -2.41. The van der Waals surface area contributed by atoms with Gasteiger partial charge in [-0.1, -0.05) is 11.6 Å². The molecule has 4 rings (SSSR count). The van der Waals surface area contributed by atoms with Crippen LogP contribution in [0.2, 0.25) is 5.02 Å². The average Bonchev–Trinajstić information content (AvgIpc) is 3.18. The van der Waals surface area contributed by atoms with Crippen LogP contribution in [0.5, 0.6) is 0 Å². The minimum atomic E-state index is -0.486. The van der Waals surface area contributed by atoms with E-state index in [4.69, 9.17) is 11.6 Å². The van der Waals surface area contributed by atoms with Crippen LogP contribution < -0.4 is 5.32 Å². The van der Waals surface area contributed by atoms with E-state index >= 15 is 0 Å². The Morgan fingerprint density at radius 2 is 2.00 bits per heavy atom. The van der Waals surface area contributed by atoms with Gasteiger partial charge in [0, 0.05) is 54.4 Å². The third-order valence-corrected chi connectivity index (χ3v) is 5.46. The Morgan fingerprint density at radius 1 is 1.23 bits per heavy atom. The summed E-state index contributed by atoms with van der Waals surface area (Å²) in [6.45, 7) is 0.846. The van der Waals surface area contributed by atoms with Crippen LogP contribution in [0.3, 0.4) is 0 Å². The van der Waals surface area contributed by atoms with Gasteiger partial charge in [0.05, 0.1) is 15.5 Å². The predicted octanol–water partition coefficient (Wildman–Crippen LogP) is 3.62. The second-order valence-corrected chi connectivity index (χ2v) is 7.54. The molecular formula is C20H18ClN5O4. The summed E-state index contributed by atoms with van der Waals surface area (Å²) in [5, 5.41) is 14.8. The molecule has 0 saturated carbocycles. The molecule has 1 fully saturated rings. The molecule has 1 aromatic carbocycles. The van der Waals surface area contributed by atoms with Gasteiger partial charge in [-0.05, 0) is 31.0 Å². The smallest absolute Gasteiger partial charge is 0.270 e. The second-order valence-electron chi connectivity index (χ2n) is 7.11. The van der Waals surface area contributed by atoms with Crippen LogP contribution in [0, 0.1) is 16.0 Å². The number of benzene rings is 1. The molecule has 9 nitrogen and oxygen atoms in total. The van der Waals surface area contributed by atoms with E-state index in [0.29, 0.717) is 53.2 Å². The van der Waals surface area contributed by atoms with Gasteiger partial charge < -0.3 is 15.2 Å². The molecule has 0 aliphatic carbocycles. The lowest BCUT2D eigenvalue weighted by molar-refractivity contribution is -0.384. The molecule has 1 aliphatic rings. The van der Waals surface area contributed by atoms with Crippen molar-refractivity contribution < 1.29 is 14.5 Å². The SMILES string of the molecule is O=C(Nc1ccc(Cl)cn1)C1CCN(C(=O)c2c[nH]c3ccc([N+](=O)[O-])cc23)CC1. The number of aromatic amines is 1. The van der Waals surface area contributed by atoms with Crippen molar-refractivity contribution in [3.63, 3.8) is 0 Å². The number of carbonyl (C=O) groups excluding carboxylic acids is 2. The van der Waals surface area contributed by atoms with Crippen LogP contribution in [0.4, 0.5) is 11.5 Å². The Kier molecular flexibility index (Phi) is 5.37. The van der Waals surface area contributed by atoms with E-state index in [9.17, 15) is 19.7 Å². The van der Waals surface area contributed by atoms with Crippen molar-refractivity contribution in [1.82, 2.24) is 14.9 Å². The molecule has 1 saturated heterocycles. The van der Waals surface area contributed by atoms with E-state index in [0.717, 1.165) is 0 Å². The van der Waals surface area contributed by atoms with E-state index in [2.05, 4.69) is 15.3 Å². The number of rotatable bonds is 4. The van der Waals surface area contributed by atoms with Crippen molar-refractivity contribution in [3.8, 4) is 0 Å². The monoisotopic (exact) mass is 427 g/mol. The van der Waals surface area contributed by atoms with E-state index in [-0.39, 0.29) is 23.4 Å². The number of nitro benzene ring substituents is 1. The number of aromatic nitrogens is 2. The number of fused-ring (bicyclic) bond motifs is 1. The summed E-state index contributed by atoms with van der Waals surface area (Å²) >= 11 is 5.80. The highest BCUT2D eigenvalue weighted by molar-refractivity contribution is 6.30. The summed E-state index contributed by atoms with van der Waals surface area (Å²) < 4.78 is 0. The van der Waals surface area contributed by atoms with Crippen LogP contribution in [0.25, 0.3) is 10.9 Å². The number of hydrogen-bond acceptors (Lipinski definition) is 5. The lowest BCUT2D eigenvalue weighted by Gasteiger charge is -2.31. The van der Waals surface area contributed by atoms with Gasteiger partial charge >= 0.3 is 0 Å². The zero-order valence-corrected chi connectivity index (χ0v) is 16.6. The number of nitrogens with one attached hydrogen (secondary N) is 2. The fraction of sp³-hybridized carbons (Fsp3) is 0.250. The Hall–Kier alpha value is -3.46. The summed E-state index contributed by atoms with van der Waals surface area (Å²) in [5.74, 6) is -0.140. The average molecular weight is 428 g/mol. The van der Waals surface area contributed by atoms with Crippen LogP contribution >= 0.6 is 11.6 Å². The molecular weight excluding hydrogens is 410 g/mol. The van der Waals surface area contributed by atoms with E-state index in [1.54, 1.807) is 29.3 Å². The van der Waals surface area contributed by atoms with Crippen LogP contribution in [-0.2, 0) is 4.79 Å². The highest BCUT2D eigenvalue weighted by Gasteiger charge is 2.29. The zero-order chi connectivity index (χ0) is 21.3. The number of hydrogen-bond donors (Lipinski definition) is 2. The standard InChI is InChI=1S/C20H18ClN5O4/c21-13-1-4-18(23-10-13)24-19(27)12-5-7-25(8-6-12)20(28)16-11-22-17-3-2-14(26(29)30)9-15(16)17/h1-4,9-12,22H,5-8H2,(H,23,24,27). The number of halogens is 1. The first-order valence-corrected chi connectivity index (χ1v) is 9.77. The number of amides is 2. The normalized spacial score (nSPS) is 14.6. The maximum atomic E-state index is 13.0. The minimum absolute atomic E-state index is 0.0673. The molecule has 3 aromatic rings. The molecule has 10 heteroatoms. The minimum Gasteiger partial charge on any atom is -0.360 e. The summed E-state index contributed by atoms with van der Waals surface area (Å²) in [5.41, 5.74) is 0.984. The molecule has 0 spiro atoms. The quantitative estimate of drug-likeness (QED) is 0.486. The third kappa shape index (κ3) is 3.97. The Balaban J connectivity index is 1.41.